The molecule has 19 heavy (non-hydrogen) atoms. The number of nitriles is 1. The lowest BCUT2D eigenvalue weighted by molar-refractivity contribution is 0.0912. The predicted molar refractivity (Wildman–Crippen MR) is 77.5 cm³/mol. The monoisotopic (exact) mass is 325 g/mol. The number of piperazine rings is 1. The molecule has 6 heteroatoms. The van der Waals surface area contributed by atoms with Crippen molar-refractivity contribution in [2.75, 3.05) is 26.2 Å². The summed E-state index contributed by atoms with van der Waals surface area (Å²) in [5.41, 5.74) is 0.945. The lowest BCUT2D eigenvalue weighted by atomic mass is 10.1. The van der Waals surface area contributed by atoms with E-state index in [2.05, 4.69) is 50.6 Å². The third-order valence-corrected chi connectivity index (χ3v) is 4.37. The van der Waals surface area contributed by atoms with E-state index in [1.165, 1.54) is 0 Å². The molecule has 0 spiro atoms. The highest BCUT2D eigenvalue weighted by Crippen LogP contribution is 2.27. The van der Waals surface area contributed by atoms with Crippen molar-refractivity contribution in [3.8, 4) is 6.07 Å². The number of imidazole rings is 1. The van der Waals surface area contributed by atoms with Crippen LogP contribution in [0.3, 0.4) is 0 Å². The highest BCUT2D eigenvalue weighted by molar-refractivity contribution is 9.10. The minimum absolute atomic E-state index is 0.226. The zero-order chi connectivity index (χ0) is 14.0. The molecule has 0 N–H and O–H groups in total. The van der Waals surface area contributed by atoms with Crippen LogP contribution in [0.1, 0.15) is 25.6 Å². The fraction of sp³-hybridized carbons (Fsp3) is 0.692. The number of rotatable bonds is 3. The summed E-state index contributed by atoms with van der Waals surface area (Å²) in [5, 5.41) is 9.51. The molecule has 5 nitrogen and oxygen atoms in total. The summed E-state index contributed by atoms with van der Waals surface area (Å²) in [6.45, 7) is 8.32. The first-order chi connectivity index (χ1) is 9.04. The fourth-order valence-corrected chi connectivity index (χ4v) is 3.13. The van der Waals surface area contributed by atoms with Gasteiger partial charge in [-0.2, -0.15) is 5.26 Å². The smallest absolute Gasteiger partial charge is 0.141 e. The van der Waals surface area contributed by atoms with Gasteiger partial charge in [0, 0.05) is 39.3 Å². The van der Waals surface area contributed by atoms with Gasteiger partial charge in [-0.25, -0.2) is 4.98 Å². The minimum atomic E-state index is -0.226. The SMILES string of the molecule is CC(C)N1CCN(C(C#N)c2c(Br)ncn2C)CC1. The number of aryl methyl sites for hydroxylation is 1. The molecule has 1 aliphatic heterocycles. The van der Waals surface area contributed by atoms with E-state index in [0.717, 1.165) is 36.5 Å². The molecule has 1 unspecified atom stereocenters. The number of aromatic nitrogens is 2. The second-order valence-electron chi connectivity index (χ2n) is 5.23. The normalized spacial score (nSPS) is 19.6. The molecular weight excluding hydrogens is 306 g/mol. The molecule has 2 heterocycles. The van der Waals surface area contributed by atoms with Crippen molar-refractivity contribution in [1.29, 1.82) is 5.26 Å². The van der Waals surface area contributed by atoms with Crippen LogP contribution in [-0.4, -0.2) is 51.6 Å². The van der Waals surface area contributed by atoms with Gasteiger partial charge in [-0.3, -0.25) is 9.80 Å². The summed E-state index contributed by atoms with van der Waals surface area (Å²) in [4.78, 5) is 8.90. The molecular formula is C13H20BrN5. The Morgan fingerprint density at radius 1 is 1.26 bits per heavy atom. The Labute approximate surface area is 122 Å². The average Bonchev–Trinajstić information content (AvgIpc) is 2.72. The van der Waals surface area contributed by atoms with Crippen molar-refractivity contribution in [2.45, 2.75) is 25.9 Å². The molecule has 1 saturated heterocycles. The van der Waals surface area contributed by atoms with Crippen LogP contribution in [0.4, 0.5) is 0 Å². The molecule has 1 aromatic heterocycles. The molecule has 1 aliphatic rings. The number of hydrogen-bond donors (Lipinski definition) is 0. The van der Waals surface area contributed by atoms with Gasteiger partial charge in [-0.05, 0) is 29.8 Å². The van der Waals surface area contributed by atoms with E-state index >= 15 is 0 Å². The zero-order valence-corrected chi connectivity index (χ0v) is 13.3. The molecule has 2 rings (SSSR count). The highest BCUT2D eigenvalue weighted by Gasteiger charge is 2.29. The lowest BCUT2D eigenvalue weighted by Crippen LogP contribution is -2.49. The van der Waals surface area contributed by atoms with E-state index in [9.17, 15) is 5.26 Å². The van der Waals surface area contributed by atoms with Gasteiger partial charge in [-0.1, -0.05) is 0 Å². The van der Waals surface area contributed by atoms with Crippen LogP contribution < -0.4 is 0 Å². The number of halogens is 1. The van der Waals surface area contributed by atoms with E-state index in [1.54, 1.807) is 6.33 Å². The predicted octanol–water partition coefficient (Wildman–Crippen LogP) is 1.77. The largest absolute Gasteiger partial charge is 0.334 e. The fourth-order valence-electron chi connectivity index (χ4n) is 2.54. The van der Waals surface area contributed by atoms with Gasteiger partial charge in [0.05, 0.1) is 18.1 Å². The van der Waals surface area contributed by atoms with Crippen LogP contribution in [0.25, 0.3) is 0 Å². The van der Waals surface area contributed by atoms with Crippen molar-refractivity contribution in [1.82, 2.24) is 19.4 Å². The van der Waals surface area contributed by atoms with E-state index in [1.807, 2.05) is 11.6 Å². The van der Waals surface area contributed by atoms with E-state index < -0.39 is 0 Å². The standard InChI is InChI=1S/C13H20BrN5/c1-10(2)18-4-6-19(7-5-18)11(8-15)12-13(14)16-9-17(12)3/h9-11H,4-7H2,1-3H3. The summed E-state index contributed by atoms with van der Waals surface area (Å²) < 4.78 is 2.69. The minimum Gasteiger partial charge on any atom is -0.334 e. The first kappa shape index (κ1) is 14.5. The van der Waals surface area contributed by atoms with Crippen LogP contribution in [0.2, 0.25) is 0 Å². The molecule has 0 radical (unpaired) electrons. The maximum Gasteiger partial charge on any atom is 0.141 e. The van der Waals surface area contributed by atoms with E-state index in [-0.39, 0.29) is 6.04 Å². The second-order valence-corrected chi connectivity index (χ2v) is 5.98. The topological polar surface area (TPSA) is 48.1 Å². The van der Waals surface area contributed by atoms with Crippen LogP contribution >= 0.6 is 15.9 Å². The molecule has 104 valence electrons. The molecule has 1 atom stereocenters. The quantitative estimate of drug-likeness (QED) is 0.849. The molecule has 0 aliphatic carbocycles. The second kappa shape index (κ2) is 6.04. The Bertz CT molecular complexity index is 448. The molecule has 1 fully saturated rings. The van der Waals surface area contributed by atoms with Crippen molar-refractivity contribution in [2.24, 2.45) is 7.05 Å². The Morgan fingerprint density at radius 3 is 2.26 bits per heavy atom. The Balaban J connectivity index is 2.11. The van der Waals surface area contributed by atoms with E-state index in [4.69, 9.17) is 0 Å². The zero-order valence-electron chi connectivity index (χ0n) is 11.7. The first-order valence-electron chi connectivity index (χ1n) is 6.59. The van der Waals surface area contributed by atoms with Gasteiger partial charge < -0.3 is 4.57 Å². The molecule has 0 amide bonds. The van der Waals surface area contributed by atoms with Gasteiger partial charge in [0.15, 0.2) is 0 Å². The van der Waals surface area contributed by atoms with Crippen molar-refractivity contribution >= 4 is 15.9 Å². The van der Waals surface area contributed by atoms with Crippen LogP contribution in [0.15, 0.2) is 10.9 Å². The lowest BCUT2D eigenvalue weighted by Gasteiger charge is -2.38. The summed E-state index contributed by atoms with van der Waals surface area (Å²) >= 11 is 3.44. The first-order valence-corrected chi connectivity index (χ1v) is 7.38. The third kappa shape index (κ3) is 2.99. The number of hydrogen-bond acceptors (Lipinski definition) is 4. The van der Waals surface area contributed by atoms with Gasteiger partial charge in [0.25, 0.3) is 0 Å². The van der Waals surface area contributed by atoms with Crippen LogP contribution in [0.5, 0.6) is 0 Å². The van der Waals surface area contributed by atoms with Gasteiger partial charge in [-0.15, -0.1) is 0 Å². The summed E-state index contributed by atoms with van der Waals surface area (Å²) in [6.07, 6.45) is 1.74. The van der Waals surface area contributed by atoms with Gasteiger partial charge in [0.2, 0.25) is 0 Å². The van der Waals surface area contributed by atoms with E-state index in [0.29, 0.717) is 6.04 Å². The molecule has 0 aromatic carbocycles. The van der Waals surface area contributed by atoms with Gasteiger partial charge >= 0.3 is 0 Å². The Morgan fingerprint density at radius 2 is 1.84 bits per heavy atom. The van der Waals surface area contributed by atoms with Crippen molar-refractivity contribution in [3.05, 3.63) is 16.6 Å². The highest BCUT2D eigenvalue weighted by atomic mass is 79.9. The summed E-state index contributed by atoms with van der Waals surface area (Å²) in [7, 11) is 1.93. The molecule has 1 aromatic rings. The summed E-state index contributed by atoms with van der Waals surface area (Å²) in [5.74, 6) is 0. The van der Waals surface area contributed by atoms with Gasteiger partial charge in [0.1, 0.15) is 10.6 Å². The Kier molecular flexibility index (Phi) is 4.61. The van der Waals surface area contributed by atoms with Crippen molar-refractivity contribution < 1.29 is 0 Å². The van der Waals surface area contributed by atoms with Crippen molar-refractivity contribution in [3.63, 3.8) is 0 Å². The third-order valence-electron chi connectivity index (χ3n) is 3.76. The Hall–Kier alpha value is -0.900. The average molecular weight is 326 g/mol. The number of nitrogens with zero attached hydrogens (tertiary/aromatic N) is 5. The van der Waals surface area contributed by atoms with Crippen LogP contribution in [0, 0.1) is 11.3 Å². The molecule has 0 saturated carbocycles. The molecule has 0 bridgehead atoms. The maximum atomic E-state index is 9.51. The van der Waals surface area contributed by atoms with Crippen LogP contribution in [-0.2, 0) is 7.05 Å². The summed E-state index contributed by atoms with van der Waals surface area (Å²) in [6, 6.07) is 2.77. The maximum absolute atomic E-state index is 9.51.